The van der Waals surface area contributed by atoms with Crippen molar-refractivity contribution in [3.63, 3.8) is 0 Å². The molecule has 0 fully saturated rings. The fourth-order valence-electron chi connectivity index (χ4n) is 0.191. The molecule has 0 spiro atoms. The number of halogens is 1. The topological polar surface area (TPSA) is 49.3 Å². The molecule has 4 heteroatoms. The van der Waals surface area contributed by atoms with Crippen LogP contribution in [0.1, 0.15) is 0 Å². The highest BCUT2D eigenvalue weighted by Gasteiger charge is 1.88. The van der Waals surface area contributed by atoms with Gasteiger partial charge in [-0.05, 0) is 0 Å². The maximum Gasteiger partial charge on any atom is 0.322 e. The van der Waals surface area contributed by atoms with Gasteiger partial charge in [0.15, 0.2) is 0 Å². The average Bonchev–Trinajstić information content (AvgIpc) is 1.66. The molecular weight excluding hydrogens is 113 g/mol. The second-order valence-electron chi connectivity index (χ2n) is 1.07. The van der Waals surface area contributed by atoms with Gasteiger partial charge in [0.1, 0.15) is 12.9 Å². The van der Waals surface area contributed by atoms with Crippen LogP contribution in [0.4, 0.5) is 4.39 Å². The predicted molar refractivity (Wildman–Crippen MR) is 25.9 cm³/mol. The van der Waals surface area contributed by atoms with E-state index in [1.165, 1.54) is 0 Å². The predicted octanol–water partition coefficient (Wildman–Crippen LogP) is 0.101. The van der Waals surface area contributed by atoms with Crippen LogP contribution in [0.5, 0.6) is 0 Å². The number of nitrogens with one attached hydrogen (secondary N) is 1. The van der Waals surface area contributed by atoms with E-state index in [2.05, 4.69) is 5.32 Å². The number of carboxylic acids is 1. The van der Waals surface area contributed by atoms with E-state index in [0.717, 1.165) is 6.20 Å². The summed E-state index contributed by atoms with van der Waals surface area (Å²) in [5.41, 5.74) is 0. The first-order valence-electron chi connectivity index (χ1n) is 1.98. The van der Waals surface area contributed by atoms with Gasteiger partial charge in [-0.3, -0.25) is 4.79 Å². The Hall–Kier alpha value is -1.06. The zero-order chi connectivity index (χ0) is 6.41. The smallest absolute Gasteiger partial charge is 0.322 e. The molecule has 0 saturated carbocycles. The molecule has 46 valence electrons. The molecule has 2 N–H and O–H groups in total. The molecule has 8 heavy (non-hydrogen) atoms. The zero-order valence-electron chi connectivity index (χ0n) is 4.10. The summed E-state index contributed by atoms with van der Waals surface area (Å²) in [6.45, 7) is -0.250. The number of carboxylic acid groups (broad SMARTS) is 1. The van der Waals surface area contributed by atoms with E-state index in [9.17, 15) is 9.18 Å². The standard InChI is InChI=1S/C4H6FNO2/c5-1-2-6-3-4(7)8/h1-2,6H,3H2,(H,7,8)/b2-1+. The van der Waals surface area contributed by atoms with E-state index in [-0.39, 0.29) is 12.9 Å². The summed E-state index contributed by atoms with van der Waals surface area (Å²) in [7, 11) is 0. The minimum atomic E-state index is -1.01. The SMILES string of the molecule is O=C(O)CN/C=C/F. The first kappa shape index (κ1) is 6.94. The number of rotatable bonds is 3. The summed E-state index contributed by atoms with van der Waals surface area (Å²) in [6.07, 6.45) is 1.16. The normalized spacial score (nSPS) is 9.62. The van der Waals surface area contributed by atoms with Crippen LogP contribution in [0.15, 0.2) is 12.5 Å². The highest BCUT2D eigenvalue weighted by molar-refractivity contribution is 5.69. The minimum Gasteiger partial charge on any atom is -0.480 e. The van der Waals surface area contributed by atoms with E-state index in [0.29, 0.717) is 0 Å². The summed E-state index contributed by atoms with van der Waals surface area (Å²) in [6, 6.07) is 0. The van der Waals surface area contributed by atoms with Crippen molar-refractivity contribution in [2.45, 2.75) is 0 Å². The lowest BCUT2D eigenvalue weighted by molar-refractivity contribution is -0.135. The van der Waals surface area contributed by atoms with Gasteiger partial charge in [0.25, 0.3) is 0 Å². The third-order valence-electron chi connectivity index (χ3n) is 0.434. The summed E-state index contributed by atoms with van der Waals surface area (Å²) >= 11 is 0. The van der Waals surface area contributed by atoms with Crippen molar-refractivity contribution in [1.29, 1.82) is 0 Å². The Labute approximate surface area is 45.8 Å². The molecule has 0 saturated heterocycles. The van der Waals surface area contributed by atoms with Crippen molar-refractivity contribution in [1.82, 2.24) is 5.32 Å². The summed E-state index contributed by atoms with van der Waals surface area (Å²) in [4.78, 5) is 9.66. The summed E-state index contributed by atoms with van der Waals surface area (Å²) in [5, 5.41) is 10.1. The minimum absolute atomic E-state index is 0.239. The van der Waals surface area contributed by atoms with Crippen LogP contribution in [-0.4, -0.2) is 17.6 Å². The zero-order valence-corrected chi connectivity index (χ0v) is 4.10. The first-order chi connectivity index (χ1) is 3.77. The van der Waals surface area contributed by atoms with Crippen LogP contribution in [0.25, 0.3) is 0 Å². The Morgan fingerprint density at radius 3 is 2.88 bits per heavy atom. The van der Waals surface area contributed by atoms with E-state index in [4.69, 9.17) is 5.11 Å². The molecule has 0 aromatic rings. The third kappa shape index (κ3) is 4.94. The van der Waals surface area contributed by atoms with Gasteiger partial charge >= 0.3 is 5.97 Å². The Morgan fingerprint density at radius 1 is 1.88 bits per heavy atom. The molecule has 0 radical (unpaired) electrons. The third-order valence-corrected chi connectivity index (χ3v) is 0.434. The summed E-state index contributed by atoms with van der Waals surface area (Å²) in [5.74, 6) is -1.01. The quantitative estimate of drug-likeness (QED) is 0.554. The molecule has 0 amide bonds. The highest BCUT2D eigenvalue weighted by atomic mass is 19.1. The molecule has 3 nitrogen and oxygen atoms in total. The van der Waals surface area contributed by atoms with E-state index < -0.39 is 5.97 Å². The highest BCUT2D eigenvalue weighted by Crippen LogP contribution is 1.65. The van der Waals surface area contributed by atoms with Crippen molar-refractivity contribution in [2.24, 2.45) is 0 Å². The first-order valence-corrected chi connectivity index (χ1v) is 1.98. The Balaban J connectivity index is 3.05. The molecule has 0 bridgehead atoms. The van der Waals surface area contributed by atoms with Gasteiger partial charge in [-0.2, -0.15) is 0 Å². The number of hydrogen-bond acceptors (Lipinski definition) is 2. The van der Waals surface area contributed by atoms with Gasteiger partial charge in [0.2, 0.25) is 0 Å². The van der Waals surface area contributed by atoms with Crippen molar-refractivity contribution >= 4 is 5.97 Å². The van der Waals surface area contributed by atoms with Crippen LogP contribution in [0.2, 0.25) is 0 Å². The fraction of sp³-hybridized carbons (Fsp3) is 0.250. The lowest BCUT2D eigenvalue weighted by atomic mass is 10.7. The molecule has 0 aliphatic carbocycles. The van der Waals surface area contributed by atoms with Crippen LogP contribution in [-0.2, 0) is 4.79 Å². The largest absolute Gasteiger partial charge is 0.480 e. The molecular formula is C4H6FNO2. The van der Waals surface area contributed by atoms with E-state index in [1.54, 1.807) is 0 Å². The van der Waals surface area contributed by atoms with Crippen molar-refractivity contribution in [2.75, 3.05) is 6.54 Å². The van der Waals surface area contributed by atoms with Gasteiger partial charge in [0.05, 0.1) is 0 Å². The molecule has 0 aliphatic rings. The molecule has 0 aromatic heterocycles. The van der Waals surface area contributed by atoms with Gasteiger partial charge in [-0.25, -0.2) is 4.39 Å². The van der Waals surface area contributed by atoms with Gasteiger partial charge in [0, 0.05) is 6.20 Å². The van der Waals surface area contributed by atoms with Crippen LogP contribution < -0.4 is 5.32 Å². The lowest BCUT2D eigenvalue weighted by Crippen LogP contribution is -2.16. The monoisotopic (exact) mass is 119 g/mol. The number of carbonyl (C=O) groups is 1. The van der Waals surface area contributed by atoms with Gasteiger partial charge in [-0.15, -0.1) is 0 Å². The van der Waals surface area contributed by atoms with Gasteiger partial charge < -0.3 is 10.4 Å². The van der Waals surface area contributed by atoms with Crippen LogP contribution >= 0.6 is 0 Å². The number of hydrogen-bond donors (Lipinski definition) is 2. The second kappa shape index (κ2) is 4.11. The molecule has 0 atom stereocenters. The molecule has 0 heterocycles. The maximum absolute atomic E-state index is 11.0. The average molecular weight is 119 g/mol. The Kier molecular flexibility index (Phi) is 3.56. The van der Waals surface area contributed by atoms with Crippen molar-refractivity contribution in [3.05, 3.63) is 12.5 Å². The van der Waals surface area contributed by atoms with Crippen LogP contribution in [0, 0.1) is 0 Å². The number of aliphatic carboxylic acids is 1. The molecule has 0 aliphatic heterocycles. The molecule has 0 unspecified atom stereocenters. The fourth-order valence-corrected chi connectivity index (χ4v) is 0.191. The van der Waals surface area contributed by atoms with Crippen LogP contribution in [0.3, 0.4) is 0 Å². The lowest BCUT2D eigenvalue weighted by Gasteiger charge is -1.88. The Bertz CT molecular complexity index is 102. The molecule has 0 rings (SSSR count). The van der Waals surface area contributed by atoms with Gasteiger partial charge in [-0.1, -0.05) is 0 Å². The van der Waals surface area contributed by atoms with Crippen molar-refractivity contribution < 1.29 is 14.3 Å². The molecule has 0 aromatic carbocycles. The van der Waals surface area contributed by atoms with E-state index in [1.807, 2.05) is 0 Å². The summed E-state index contributed by atoms with van der Waals surface area (Å²) < 4.78 is 11.0. The second-order valence-corrected chi connectivity index (χ2v) is 1.07. The van der Waals surface area contributed by atoms with E-state index >= 15 is 0 Å². The maximum atomic E-state index is 11.0. The Morgan fingerprint density at radius 2 is 2.50 bits per heavy atom. The van der Waals surface area contributed by atoms with Crippen molar-refractivity contribution in [3.8, 4) is 0 Å².